The third-order valence-corrected chi connectivity index (χ3v) is 7.08. The molecule has 1 amide bonds. The van der Waals surface area contributed by atoms with Crippen LogP contribution in [0.3, 0.4) is 0 Å². The molecule has 0 spiro atoms. The number of aliphatic hydroxyl groups excluding tert-OH is 3. The summed E-state index contributed by atoms with van der Waals surface area (Å²) < 4.78 is 11.7. The van der Waals surface area contributed by atoms with Crippen molar-refractivity contribution in [1.82, 2.24) is 10.6 Å². The van der Waals surface area contributed by atoms with Crippen molar-refractivity contribution in [3.8, 4) is 0 Å². The summed E-state index contributed by atoms with van der Waals surface area (Å²) in [5, 5.41) is 36.3. The maximum atomic E-state index is 13.0. The lowest BCUT2D eigenvalue weighted by Gasteiger charge is -2.44. The fraction of sp³-hybridized carbons (Fsp3) is 0.944. The number of halogens is 1. The molecule has 2 unspecified atom stereocenters. The van der Waals surface area contributed by atoms with Crippen molar-refractivity contribution in [3.05, 3.63) is 0 Å². The second-order valence-corrected chi connectivity index (χ2v) is 9.49. The lowest BCUT2D eigenvalue weighted by molar-refractivity contribution is -0.205. The molecule has 0 radical (unpaired) electrons. The van der Waals surface area contributed by atoms with E-state index in [1.807, 2.05) is 0 Å². The Hall–Kier alpha value is -0.130. The molecule has 28 heavy (non-hydrogen) atoms. The molecule has 0 aromatic carbocycles. The van der Waals surface area contributed by atoms with Gasteiger partial charge in [-0.1, -0.05) is 6.42 Å². The zero-order valence-electron chi connectivity index (χ0n) is 16.2. The quantitative estimate of drug-likeness (QED) is 0.362. The molecule has 3 aliphatic heterocycles. The van der Waals surface area contributed by atoms with Crippen LogP contribution in [0.1, 0.15) is 26.2 Å². The average Bonchev–Trinajstić information content (AvgIpc) is 2.93. The third kappa shape index (κ3) is 4.62. The van der Waals surface area contributed by atoms with Crippen molar-refractivity contribution < 1.29 is 29.6 Å². The van der Waals surface area contributed by atoms with Gasteiger partial charge in [-0.2, -0.15) is 0 Å². The Morgan fingerprint density at radius 3 is 2.68 bits per heavy atom. The zero-order valence-corrected chi connectivity index (χ0v) is 17.7. The van der Waals surface area contributed by atoms with Crippen LogP contribution in [0.2, 0.25) is 0 Å². The standard InChI is InChI=1S/C18H31ClN2O6S/c1-8(19)10(16-13(23)12(22)14(24)18(27-16)28-2)21-17(25)11-15-9(7-20-11)5-3-4-6-26-15/h8-16,18,20,22-24H,3-7H2,1-2H3,(H,21,25)/t8-,9-,10+,11-,12+,13?,14+,15+,16+,18?/m0/s1. The molecule has 3 heterocycles. The highest BCUT2D eigenvalue weighted by Crippen LogP contribution is 2.31. The molecule has 0 bridgehead atoms. The van der Waals surface area contributed by atoms with E-state index >= 15 is 0 Å². The minimum Gasteiger partial charge on any atom is -0.388 e. The predicted octanol–water partition coefficient (Wildman–Crippen LogP) is -0.574. The van der Waals surface area contributed by atoms with Crippen LogP contribution in [0, 0.1) is 5.92 Å². The molecule has 8 nitrogen and oxygen atoms in total. The fourth-order valence-corrected chi connectivity index (χ4v) is 5.21. The number of hydrogen-bond acceptors (Lipinski definition) is 8. The second kappa shape index (κ2) is 9.78. The van der Waals surface area contributed by atoms with Crippen LogP contribution in [0.25, 0.3) is 0 Å². The number of rotatable bonds is 5. The maximum Gasteiger partial charge on any atom is 0.240 e. The molecule has 3 aliphatic rings. The predicted molar refractivity (Wildman–Crippen MR) is 106 cm³/mol. The van der Waals surface area contributed by atoms with E-state index in [0.29, 0.717) is 12.5 Å². The largest absolute Gasteiger partial charge is 0.388 e. The van der Waals surface area contributed by atoms with Gasteiger partial charge in [0.05, 0.1) is 17.5 Å². The van der Waals surface area contributed by atoms with Gasteiger partial charge >= 0.3 is 0 Å². The number of aliphatic hydroxyl groups is 3. The van der Waals surface area contributed by atoms with Gasteiger partial charge in [0, 0.05) is 13.2 Å². The van der Waals surface area contributed by atoms with E-state index in [1.54, 1.807) is 13.2 Å². The fourth-order valence-electron chi connectivity index (χ4n) is 4.33. The summed E-state index contributed by atoms with van der Waals surface area (Å²) in [6.45, 7) is 3.07. The summed E-state index contributed by atoms with van der Waals surface area (Å²) >= 11 is 7.55. The molecular formula is C18H31ClN2O6S. The smallest absolute Gasteiger partial charge is 0.240 e. The Morgan fingerprint density at radius 1 is 1.25 bits per heavy atom. The highest BCUT2D eigenvalue weighted by molar-refractivity contribution is 7.99. The molecular weight excluding hydrogens is 408 g/mol. The molecule has 3 fully saturated rings. The van der Waals surface area contributed by atoms with Crippen molar-refractivity contribution in [1.29, 1.82) is 0 Å². The molecule has 0 aliphatic carbocycles. The van der Waals surface area contributed by atoms with Crippen molar-refractivity contribution in [2.45, 2.75) is 79.6 Å². The van der Waals surface area contributed by atoms with Gasteiger partial charge in [-0.25, -0.2) is 0 Å². The molecule has 0 saturated carbocycles. The number of carbonyl (C=O) groups is 1. The zero-order chi connectivity index (χ0) is 20.4. The summed E-state index contributed by atoms with van der Waals surface area (Å²) in [5.74, 6) is 0.0449. The Kier molecular flexibility index (Phi) is 7.88. The Balaban J connectivity index is 1.71. The van der Waals surface area contributed by atoms with E-state index in [1.165, 1.54) is 11.8 Å². The summed E-state index contributed by atoms with van der Waals surface area (Å²) in [4.78, 5) is 13.0. The maximum absolute atomic E-state index is 13.0. The minimum atomic E-state index is -1.38. The summed E-state index contributed by atoms with van der Waals surface area (Å²) in [6.07, 6.45) is -0.247. The van der Waals surface area contributed by atoms with E-state index in [-0.39, 0.29) is 12.0 Å². The van der Waals surface area contributed by atoms with Gasteiger partial charge in [-0.15, -0.1) is 23.4 Å². The number of hydrogen-bond donors (Lipinski definition) is 5. The van der Waals surface area contributed by atoms with Gasteiger partial charge in [0.25, 0.3) is 0 Å². The van der Waals surface area contributed by atoms with Gasteiger partial charge in [-0.05, 0) is 31.9 Å². The van der Waals surface area contributed by atoms with E-state index in [9.17, 15) is 20.1 Å². The van der Waals surface area contributed by atoms with Crippen LogP contribution in [0.4, 0.5) is 0 Å². The first-order valence-corrected chi connectivity index (χ1v) is 11.6. The summed E-state index contributed by atoms with van der Waals surface area (Å²) in [7, 11) is 0. The molecule has 162 valence electrons. The normalized spacial score (nSPS) is 43.6. The summed E-state index contributed by atoms with van der Waals surface area (Å²) in [6, 6.07) is -1.23. The molecule has 3 saturated heterocycles. The van der Waals surface area contributed by atoms with Crippen LogP contribution in [-0.4, -0.2) is 94.1 Å². The molecule has 0 aromatic heterocycles. The minimum absolute atomic E-state index is 0.183. The Bertz CT molecular complexity index is 542. The van der Waals surface area contributed by atoms with Crippen molar-refractivity contribution in [2.75, 3.05) is 19.4 Å². The van der Waals surface area contributed by atoms with Crippen molar-refractivity contribution in [3.63, 3.8) is 0 Å². The van der Waals surface area contributed by atoms with Crippen LogP contribution >= 0.6 is 23.4 Å². The number of carbonyl (C=O) groups excluding carboxylic acids is 1. The Labute approximate surface area is 174 Å². The van der Waals surface area contributed by atoms with Gasteiger partial charge in [0.2, 0.25) is 5.91 Å². The monoisotopic (exact) mass is 438 g/mol. The number of nitrogens with one attached hydrogen (secondary N) is 2. The highest BCUT2D eigenvalue weighted by Gasteiger charge is 2.49. The topological polar surface area (TPSA) is 120 Å². The third-order valence-electron chi connectivity index (χ3n) is 5.95. The number of ether oxygens (including phenoxy) is 2. The van der Waals surface area contributed by atoms with Gasteiger partial charge < -0.3 is 35.4 Å². The molecule has 0 aromatic rings. The second-order valence-electron chi connectivity index (χ2n) is 7.87. The lowest BCUT2D eigenvalue weighted by atomic mass is 9.92. The van der Waals surface area contributed by atoms with Crippen LogP contribution in [-0.2, 0) is 14.3 Å². The van der Waals surface area contributed by atoms with Gasteiger partial charge in [0.1, 0.15) is 35.9 Å². The number of amides is 1. The number of fused-ring (bicyclic) bond motifs is 1. The van der Waals surface area contributed by atoms with Gasteiger partial charge in [-0.3, -0.25) is 4.79 Å². The van der Waals surface area contributed by atoms with Crippen LogP contribution < -0.4 is 10.6 Å². The lowest BCUT2D eigenvalue weighted by Crippen LogP contribution is -2.65. The number of alkyl halides is 1. The summed E-state index contributed by atoms with van der Waals surface area (Å²) in [5.41, 5.74) is -0.725. The van der Waals surface area contributed by atoms with Crippen LogP contribution in [0.15, 0.2) is 0 Å². The highest BCUT2D eigenvalue weighted by atomic mass is 35.5. The molecule has 10 heteroatoms. The van der Waals surface area contributed by atoms with Crippen molar-refractivity contribution >= 4 is 29.3 Å². The first kappa shape index (κ1) is 22.6. The van der Waals surface area contributed by atoms with E-state index in [4.69, 9.17) is 21.1 Å². The average molecular weight is 439 g/mol. The van der Waals surface area contributed by atoms with Crippen molar-refractivity contribution in [2.24, 2.45) is 5.92 Å². The number of thioether (sulfide) groups is 1. The molecule has 5 N–H and O–H groups in total. The Morgan fingerprint density at radius 2 is 2.00 bits per heavy atom. The van der Waals surface area contributed by atoms with E-state index < -0.39 is 47.3 Å². The first-order valence-electron chi connectivity index (χ1n) is 9.87. The molecule has 10 atom stereocenters. The van der Waals surface area contributed by atoms with E-state index in [2.05, 4.69) is 10.6 Å². The molecule has 3 rings (SSSR count). The first-order chi connectivity index (χ1) is 13.3. The SMILES string of the molecule is CSC1O[C@H]([C@H](NC(=O)[C@H]2NC[C@@H]3CCCCO[C@H]32)[C@H](C)Cl)C(O)[C@@H](O)[C@H]1O. The van der Waals surface area contributed by atoms with Gasteiger partial charge in [0.15, 0.2) is 0 Å². The van der Waals surface area contributed by atoms with Crippen LogP contribution in [0.5, 0.6) is 0 Å². The van der Waals surface area contributed by atoms with E-state index in [0.717, 1.165) is 25.8 Å².